The SMILES string of the molecule is CC/C=C\C/C=C\C/C=C\C/C=C\C/C=C\C/C=C\C/C=C\CCCC(=O)OCC(COC(=O)CC/C=C\C/C=C\C/C=C\C/C=C\CC)OC(=O)CCCCCCCCCCC/C=C\CCCCCCCCCC. The number of carbonyl (C=O) groups is 3. The fraction of sp³-hybridized carbons (Fsp3) is 0.609. The van der Waals surface area contributed by atoms with Crippen molar-refractivity contribution in [3.8, 4) is 0 Å². The molecule has 0 heterocycles. The Balaban J connectivity index is 4.52. The van der Waals surface area contributed by atoms with E-state index in [1.54, 1.807) is 0 Å². The Kier molecular flexibility index (Phi) is 58.0. The first-order valence-corrected chi connectivity index (χ1v) is 30.3. The second-order valence-corrected chi connectivity index (χ2v) is 19.5. The lowest BCUT2D eigenvalue weighted by Gasteiger charge is -2.18. The van der Waals surface area contributed by atoms with Gasteiger partial charge in [0.05, 0.1) is 0 Å². The van der Waals surface area contributed by atoms with Crippen molar-refractivity contribution in [3.63, 3.8) is 0 Å². The molecule has 0 saturated heterocycles. The zero-order valence-electron chi connectivity index (χ0n) is 48.3. The lowest BCUT2D eigenvalue weighted by Crippen LogP contribution is -2.30. The number of hydrogen-bond donors (Lipinski definition) is 0. The summed E-state index contributed by atoms with van der Waals surface area (Å²) in [4.78, 5) is 38.2. The Morgan fingerprint density at radius 2 is 0.560 bits per heavy atom. The van der Waals surface area contributed by atoms with Crippen LogP contribution in [0.15, 0.2) is 146 Å². The third-order valence-electron chi connectivity index (χ3n) is 12.3. The minimum atomic E-state index is -0.838. The van der Waals surface area contributed by atoms with Crippen LogP contribution < -0.4 is 0 Å². The molecule has 0 aromatic carbocycles. The lowest BCUT2D eigenvalue weighted by molar-refractivity contribution is -0.166. The van der Waals surface area contributed by atoms with Crippen molar-refractivity contribution in [2.24, 2.45) is 0 Å². The van der Waals surface area contributed by atoms with Crippen LogP contribution in [0.3, 0.4) is 0 Å². The Bertz CT molecular complexity index is 1660. The molecule has 0 N–H and O–H groups in total. The smallest absolute Gasteiger partial charge is 0.306 e. The Morgan fingerprint density at radius 1 is 0.280 bits per heavy atom. The number of hydrogen-bond acceptors (Lipinski definition) is 6. The van der Waals surface area contributed by atoms with E-state index < -0.39 is 6.10 Å². The van der Waals surface area contributed by atoms with Crippen molar-refractivity contribution in [2.75, 3.05) is 13.2 Å². The maximum atomic E-state index is 12.9. The average molecular weight is 1040 g/mol. The van der Waals surface area contributed by atoms with Crippen LogP contribution in [0.2, 0.25) is 0 Å². The maximum Gasteiger partial charge on any atom is 0.306 e. The van der Waals surface area contributed by atoms with Crippen LogP contribution in [0.5, 0.6) is 0 Å². The Hall–Kier alpha value is -4.71. The Labute approximate surface area is 461 Å². The molecule has 0 aromatic heterocycles. The molecule has 0 radical (unpaired) electrons. The second kappa shape index (κ2) is 61.8. The normalized spacial score (nSPS) is 13.2. The van der Waals surface area contributed by atoms with Gasteiger partial charge in [-0.1, -0.05) is 256 Å². The van der Waals surface area contributed by atoms with Gasteiger partial charge in [-0.25, -0.2) is 0 Å². The lowest BCUT2D eigenvalue weighted by atomic mass is 10.1. The van der Waals surface area contributed by atoms with Crippen LogP contribution in [0.4, 0.5) is 0 Å². The van der Waals surface area contributed by atoms with Crippen LogP contribution in [-0.2, 0) is 28.6 Å². The fourth-order valence-electron chi connectivity index (χ4n) is 7.85. The van der Waals surface area contributed by atoms with Crippen molar-refractivity contribution in [3.05, 3.63) is 146 Å². The quantitative estimate of drug-likeness (QED) is 0.0261. The summed E-state index contributed by atoms with van der Waals surface area (Å²) in [6, 6.07) is 0. The van der Waals surface area contributed by atoms with Gasteiger partial charge in [-0.15, -0.1) is 0 Å². The number of unbranched alkanes of at least 4 members (excludes halogenated alkanes) is 18. The first-order chi connectivity index (χ1) is 37.0. The zero-order chi connectivity index (χ0) is 54.3. The predicted octanol–water partition coefficient (Wildman–Crippen LogP) is 20.8. The van der Waals surface area contributed by atoms with Gasteiger partial charge in [-0.05, 0) is 122 Å². The molecule has 6 heteroatoms. The van der Waals surface area contributed by atoms with Crippen molar-refractivity contribution in [1.29, 1.82) is 0 Å². The number of esters is 3. The van der Waals surface area contributed by atoms with E-state index in [0.717, 1.165) is 96.3 Å². The summed E-state index contributed by atoms with van der Waals surface area (Å²) in [6.45, 7) is 6.29. The van der Waals surface area contributed by atoms with E-state index in [1.165, 1.54) is 103 Å². The molecule has 0 amide bonds. The minimum absolute atomic E-state index is 0.136. The first kappa shape index (κ1) is 70.3. The van der Waals surface area contributed by atoms with Gasteiger partial charge in [0.1, 0.15) is 13.2 Å². The molecule has 0 bridgehead atoms. The van der Waals surface area contributed by atoms with Gasteiger partial charge in [-0.3, -0.25) is 14.4 Å². The fourth-order valence-corrected chi connectivity index (χ4v) is 7.85. The van der Waals surface area contributed by atoms with Crippen LogP contribution in [0.25, 0.3) is 0 Å². The van der Waals surface area contributed by atoms with E-state index in [1.807, 2.05) is 12.2 Å². The number of ether oxygens (including phenoxy) is 3. The molecule has 0 spiro atoms. The molecule has 0 aliphatic rings. The van der Waals surface area contributed by atoms with E-state index in [4.69, 9.17) is 14.2 Å². The summed E-state index contributed by atoms with van der Waals surface area (Å²) >= 11 is 0. The molecular weight excluding hydrogens is 925 g/mol. The first-order valence-electron chi connectivity index (χ1n) is 30.3. The summed E-state index contributed by atoms with van der Waals surface area (Å²) in [5.74, 6) is -1.08. The summed E-state index contributed by atoms with van der Waals surface area (Å²) in [6.07, 6.45) is 88.7. The summed E-state index contributed by atoms with van der Waals surface area (Å²) in [5.41, 5.74) is 0. The van der Waals surface area contributed by atoms with Crippen LogP contribution >= 0.6 is 0 Å². The van der Waals surface area contributed by atoms with Crippen LogP contribution in [-0.4, -0.2) is 37.2 Å². The summed E-state index contributed by atoms with van der Waals surface area (Å²) < 4.78 is 16.8. The number of rotatable bonds is 53. The van der Waals surface area contributed by atoms with E-state index >= 15 is 0 Å². The third kappa shape index (κ3) is 60.0. The molecule has 1 atom stereocenters. The van der Waals surface area contributed by atoms with Gasteiger partial charge in [0.15, 0.2) is 6.10 Å². The van der Waals surface area contributed by atoms with Gasteiger partial charge in [0, 0.05) is 19.3 Å². The summed E-state index contributed by atoms with van der Waals surface area (Å²) in [5, 5.41) is 0. The molecule has 6 nitrogen and oxygen atoms in total. The highest BCUT2D eigenvalue weighted by atomic mass is 16.6. The highest BCUT2D eigenvalue weighted by molar-refractivity contribution is 5.71. The Morgan fingerprint density at radius 3 is 0.947 bits per heavy atom. The topological polar surface area (TPSA) is 78.9 Å². The van der Waals surface area contributed by atoms with Gasteiger partial charge >= 0.3 is 17.9 Å². The molecule has 75 heavy (non-hydrogen) atoms. The van der Waals surface area contributed by atoms with E-state index in [2.05, 4.69) is 154 Å². The number of allylic oxidation sites excluding steroid dienone is 24. The van der Waals surface area contributed by atoms with Gasteiger partial charge in [0.25, 0.3) is 0 Å². The van der Waals surface area contributed by atoms with Crippen molar-refractivity contribution < 1.29 is 28.6 Å². The monoisotopic (exact) mass is 1030 g/mol. The second-order valence-electron chi connectivity index (χ2n) is 19.5. The molecule has 422 valence electrons. The molecule has 0 aliphatic carbocycles. The molecule has 0 saturated carbocycles. The highest BCUT2D eigenvalue weighted by Crippen LogP contribution is 2.14. The maximum absolute atomic E-state index is 12.9. The van der Waals surface area contributed by atoms with Crippen molar-refractivity contribution >= 4 is 17.9 Å². The molecule has 0 aromatic rings. The van der Waals surface area contributed by atoms with Crippen LogP contribution in [0.1, 0.15) is 252 Å². The van der Waals surface area contributed by atoms with E-state index in [9.17, 15) is 14.4 Å². The average Bonchev–Trinajstić information content (AvgIpc) is 3.41. The third-order valence-corrected chi connectivity index (χ3v) is 12.3. The zero-order valence-corrected chi connectivity index (χ0v) is 48.3. The largest absolute Gasteiger partial charge is 0.462 e. The highest BCUT2D eigenvalue weighted by Gasteiger charge is 2.19. The minimum Gasteiger partial charge on any atom is -0.462 e. The van der Waals surface area contributed by atoms with E-state index in [-0.39, 0.29) is 44.0 Å². The van der Waals surface area contributed by atoms with E-state index in [0.29, 0.717) is 19.3 Å². The van der Waals surface area contributed by atoms with Gasteiger partial charge in [-0.2, -0.15) is 0 Å². The molecule has 1 unspecified atom stereocenters. The summed E-state index contributed by atoms with van der Waals surface area (Å²) in [7, 11) is 0. The number of carbonyl (C=O) groups excluding carboxylic acids is 3. The van der Waals surface area contributed by atoms with Crippen molar-refractivity contribution in [1.82, 2.24) is 0 Å². The standard InChI is InChI=1S/C69H110O6/c1-4-7-10-13-16-19-22-25-27-29-31-33-34-36-37-39-41-44-47-50-53-56-59-62-68(71)74-65-66(64-73-67(70)61-58-55-52-49-46-43-24-21-18-15-12-9-6-3)75-69(72)63-60-57-54-51-48-45-42-40-38-35-32-30-28-26-23-20-17-14-11-8-5-2/h7,9-10,12,16,18-19,21,25,27,30-33,36-37,41,43-44,46,50,52-53,55,66H,4-6,8,11,13-15,17,20,22-24,26,28-29,34-35,38-40,42,45,47-49,51,54,56-65H2,1-3H3/b10-7-,12-9-,19-16-,21-18-,27-25-,32-30-,33-31-,37-36-,44-41-,46-43-,53-50-,55-52-. The molecular formula is C69H110O6. The predicted molar refractivity (Wildman–Crippen MR) is 325 cm³/mol. The van der Waals surface area contributed by atoms with Crippen molar-refractivity contribution in [2.45, 2.75) is 258 Å². The van der Waals surface area contributed by atoms with Gasteiger partial charge in [0.2, 0.25) is 0 Å². The molecule has 0 aliphatic heterocycles. The molecule has 0 fully saturated rings. The van der Waals surface area contributed by atoms with Gasteiger partial charge < -0.3 is 14.2 Å². The van der Waals surface area contributed by atoms with Crippen LogP contribution in [0, 0.1) is 0 Å². The molecule has 0 rings (SSSR count).